The predicted molar refractivity (Wildman–Crippen MR) is 70.1 cm³/mol. The van der Waals surface area contributed by atoms with Gasteiger partial charge in [-0.3, -0.25) is 4.79 Å². The van der Waals surface area contributed by atoms with Gasteiger partial charge in [-0.15, -0.1) is 0 Å². The number of esters is 1. The summed E-state index contributed by atoms with van der Waals surface area (Å²) >= 11 is 0. The first-order chi connectivity index (χ1) is 8.75. The highest BCUT2D eigenvalue weighted by molar-refractivity contribution is 5.76. The standard InChI is InChI=1S/C14H20N2O2/c15-13(10-11-4-2-1-3-5-11)14(17)18-12-6-8-16-9-7-12/h1-5,12-13,16H,6-10,15H2/t13-/m1/s1. The van der Waals surface area contributed by atoms with Crippen LogP contribution in [-0.2, 0) is 16.0 Å². The molecule has 18 heavy (non-hydrogen) atoms. The summed E-state index contributed by atoms with van der Waals surface area (Å²) in [5.41, 5.74) is 6.94. The molecule has 98 valence electrons. The maximum atomic E-state index is 11.8. The molecule has 0 bridgehead atoms. The van der Waals surface area contributed by atoms with Gasteiger partial charge in [-0.05, 0) is 37.9 Å². The highest BCUT2D eigenvalue weighted by Crippen LogP contribution is 2.10. The van der Waals surface area contributed by atoms with Crippen LogP contribution in [0, 0.1) is 0 Å². The summed E-state index contributed by atoms with van der Waals surface area (Å²) in [5.74, 6) is -0.286. The lowest BCUT2D eigenvalue weighted by Gasteiger charge is -2.24. The van der Waals surface area contributed by atoms with Gasteiger partial charge in [0.2, 0.25) is 0 Å². The Balaban J connectivity index is 1.81. The minimum atomic E-state index is -0.567. The third-order valence-corrected chi connectivity index (χ3v) is 3.17. The zero-order chi connectivity index (χ0) is 12.8. The Morgan fingerprint density at radius 2 is 2.00 bits per heavy atom. The molecule has 0 aromatic heterocycles. The average Bonchev–Trinajstić information content (AvgIpc) is 2.41. The van der Waals surface area contributed by atoms with Gasteiger partial charge in [-0.25, -0.2) is 0 Å². The zero-order valence-electron chi connectivity index (χ0n) is 10.5. The van der Waals surface area contributed by atoms with Crippen molar-refractivity contribution in [3.8, 4) is 0 Å². The van der Waals surface area contributed by atoms with E-state index >= 15 is 0 Å². The molecular formula is C14H20N2O2. The molecule has 4 nitrogen and oxygen atoms in total. The lowest BCUT2D eigenvalue weighted by molar-refractivity contribution is -0.151. The number of ether oxygens (including phenoxy) is 1. The minimum Gasteiger partial charge on any atom is -0.461 e. The summed E-state index contributed by atoms with van der Waals surface area (Å²) < 4.78 is 5.42. The van der Waals surface area contributed by atoms with Crippen LogP contribution in [0.3, 0.4) is 0 Å². The summed E-state index contributed by atoms with van der Waals surface area (Å²) in [6.45, 7) is 1.82. The number of hydrogen-bond acceptors (Lipinski definition) is 4. The maximum absolute atomic E-state index is 11.8. The van der Waals surface area contributed by atoms with Gasteiger partial charge in [0.1, 0.15) is 12.1 Å². The van der Waals surface area contributed by atoms with Crippen molar-refractivity contribution >= 4 is 5.97 Å². The van der Waals surface area contributed by atoms with E-state index < -0.39 is 6.04 Å². The lowest BCUT2D eigenvalue weighted by atomic mass is 10.1. The van der Waals surface area contributed by atoms with Gasteiger partial charge in [-0.1, -0.05) is 30.3 Å². The van der Waals surface area contributed by atoms with Gasteiger partial charge in [-0.2, -0.15) is 0 Å². The van der Waals surface area contributed by atoms with Crippen molar-refractivity contribution in [1.82, 2.24) is 5.32 Å². The molecule has 1 heterocycles. The Bertz CT molecular complexity index is 375. The molecule has 1 aliphatic heterocycles. The topological polar surface area (TPSA) is 64.4 Å². The molecule has 1 aromatic rings. The Hall–Kier alpha value is -1.39. The molecule has 2 rings (SSSR count). The van der Waals surface area contributed by atoms with E-state index in [1.807, 2.05) is 30.3 Å². The first kappa shape index (κ1) is 13.1. The third kappa shape index (κ3) is 3.82. The van der Waals surface area contributed by atoms with Gasteiger partial charge in [0, 0.05) is 0 Å². The summed E-state index contributed by atoms with van der Waals surface area (Å²) in [7, 11) is 0. The van der Waals surface area contributed by atoms with E-state index in [0.29, 0.717) is 6.42 Å². The fourth-order valence-electron chi connectivity index (χ4n) is 2.12. The summed E-state index contributed by atoms with van der Waals surface area (Å²) in [4.78, 5) is 11.8. The number of carbonyl (C=O) groups excluding carboxylic acids is 1. The number of carbonyl (C=O) groups is 1. The molecule has 0 aliphatic carbocycles. The molecule has 1 fully saturated rings. The minimum absolute atomic E-state index is 0.0283. The summed E-state index contributed by atoms with van der Waals surface area (Å²) in [5, 5.41) is 3.23. The molecular weight excluding hydrogens is 228 g/mol. The van der Waals surface area contributed by atoms with Crippen LogP contribution in [0.25, 0.3) is 0 Å². The second-order valence-electron chi connectivity index (χ2n) is 4.68. The normalized spacial score (nSPS) is 18.3. The Morgan fingerprint density at radius 1 is 1.33 bits per heavy atom. The van der Waals surface area contributed by atoms with Crippen molar-refractivity contribution < 1.29 is 9.53 Å². The molecule has 4 heteroatoms. The molecule has 1 saturated heterocycles. The van der Waals surface area contributed by atoms with Crippen LogP contribution in [0.1, 0.15) is 18.4 Å². The van der Waals surface area contributed by atoms with E-state index in [1.54, 1.807) is 0 Å². The Morgan fingerprint density at radius 3 is 2.67 bits per heavy atom. The van der Waals surface area contributed by atoms with Crippen molar-refractivity contribution in [3.63, 3.8) is 0 Å². The van der Waals surface area contributed by atoms with E-state index in [9.17, 15) is 4.79 Å². The van der Waals surface area contributed by atoms with Gasteiger partial charge < -0.3 is 15.8 Å². The zero-order valence-corrected chi connectivity index (χ0v) is 10.5. The molecule has 1 aliphatic rings. The number of nitrogens with two attached hydrogens (primary N) is 1. The maximum Gasteiger partial charge on any atom is 0.323 e. The second kappa shape index (κ2) is 6.52. The number of nitrogens with one attached hydrogen (secondary N) is 1. The highest BCUT2D eigenvalue weighted by atomic mass is 16.5. The van der Waals surface area contributed by atoms with E-state index in [0.717, 1.165) is 31.5 Å². The molecule has 1 aromatic carbocycles. The van der Waals surface area contributed by atoms with Gasteiger partial charge in [0.15, 0.2) is 0 Å². The van der Waals surface area contributed by atoms with E-state index in [1.165, 1.54) is 0 Å². The van der Waals surface area contributed by atoms with E-state index in [4.69, 9.17) is 10.5 Å². The fraction of sp³-hybridized carbons (Fsp3) is 0.500. The number of rotatable bonds is 4. The van der Waals surface area contributed by atoms with Crippen LogP contribution < -0.4 is 11.1 Å². The lowest BCUT2D eigenvalue weighted by Crippen LogP contribution is -2.40. The average molecular weight is 248 g/mol. The predicted octanol–water partition coefficient (Wildman–Crippen LogP) is 0.852. The third-order valence-electron chi connectivity index (χ3n) is 3.17. The number of hydrogen-bond donors (Lipinski definition) is 2. The van der Waals surface area contributed by atoms with Crippen LogP contribution in [-0.4, -0.2) is 31.2 Å². The van der Waals surface area contributed by atoms with Crippen molar-refractivity contribution in [3.05, 3.63) is 35.9 Å². The van der Waals surface area contributed by atoms with Gasteiger partial charge in [0.05, 0.1) is 0 Å². The quantitative estimate of drug-likeness (QED) is 0.775. The number of piperidine rings is 1. The highest BCUT2D eigenvalue weighted by Gasteiger charge is 2.21. The van der Waals surface area contributed by atoms with Crippen molar-refractivity contribution in [2.45, 2.75) is 31.4 Å². The number of benzene rings is 1. The molecule has 0 unspecified atom stereocenters. The smallest absolute Gasteiger partial charge is 0.323 e. The van der Waals surface area contributed by atoms with Crippen molar-refractivity contribution in [2.24, 2.45) is 5.73 Å². The van der Waals surface area contributed by atoms with Crippen LogP contribution in [0.5, 0.6) is 0 Å². The van der Waals surface area contributed by atoms with Gasteiger partial charge in [0.25, 0.3) is 0 Å². The van der Waals surface area contributed by atoms with Crippen molar-refractivity contribution in [2.75, 3.05) is 13.1 Å². The van der Waals surface area contributed by atoms with Crippen LogP contribution in [0.15, 0.2) is 30.3 Å². The molecule has 0 radical (unpaired) electrons. The first-order valence-electron chi connectivity index (χ1n) is 6.46. The molecule has 0 amide bonds. The summed E-state index contributed by atoms with van der Waals surface area (Å²) in [6, 6.07) is 9.21. The second-order valence-corrected chi connectivity index (χ2v) is 4.68. The Labute approximate surface area is 108 Å². The molecule has 1 atom stereocenters. The van der Waals surface area contributed by atoms with Gasteiger partial charge >= 0.3 is 5.97 Å². The SMILES string of the molecule is N[C@H](Cc1ccccc1)C(=O)OC1CCNCC1. The largest absolute Gasteiger partial charge is 0.461 e. The molecule has 0 saturated carbocycles. The first-order valence-corrected chi connectivity index (χ1v) is 6.46. The van der Waals surface area contributed by atoms with Crippen molar-refractivity contribution in [1.29, 1.82) is 0 Å². The van der Waals surface area contributed by atoms with E-state index in [-0.39, 0.29) is 12.1 Å². The monoisotopic (exact) mass is 248 g/mol. The van der Waals surface area contributed by atoms with Crippen LogP contribution in [0.4, 0.5) is 0 Å². The molecule has 0 spiro atoms. The van der Waals surface area contributed by atoms with Crippen LogP contribution in [0.2, 0.25) is 0 Å². The fourth-order valence-corrected chi connectivity index (χ4v) is 2.12. The Kier molecular flexibility index (Phi) is 4.73. The molecule has 3 N–H and O–H groups in total. The summed E-state index contributed by atoms with van der Waals surface area (Å²) in [6.07, 6.45) is 2.32. The van der Waals surface area contributed by atoms with Crippen LogP contribution >= 0.6 is 0 Å². The van der Waals surface area contributed by atoms with E-state index in [2.05, 4.69) is 5.32 Å².